The van der Waals surface area contributed by atoms with Crippen molar-refractivity contribution < 1.29 is 19.1 Å². The molecule has 0 amide bonds. The van der Waals surface area contributed by atoms with Gasteiger partial charge in [-0.1, -0.05) is 0 Å². The molecule has 0 aromatic carbocycles. The van der Waals surface area contributed by atoms with E-state index in [1.807, 2.05) is 0 Å². The second-order valence-electron chi connectivity index (χ2n) is 2.40. The molecule has 0 radical (unpaired) electrons. The molecule has 0 spiro atoms. The second kappa shape index (κ2) is 2.36. The average Bonchev–Trinajstić information content (AvgIpc) is 2.44. The highest BCUT2D eigenvalue weighted by molar-refractivity contribution is 5.97. The summed E-state index contributed by atoms with van der Waals surface area (Å²) in [4.78, 5) is 20.5. The van der Waals surface area contributed by atoms with E-state index in [4.69, 9.17) is 5.11 Å². The van der Waals surface area contributed by atoms with Crippen molar-refractivity contribution in [2.24, 2.45) is 5.92 Å². The van der Waals surface area contributed by atoms with Gasteiger partial charge in [0.2, 0.25) is 0 Å². The highest BCUT2D eigenvalue weighted by atomic mass is 19.1. The van der Waals surface area contributed by atoms with Gasteiger partial charge in [0.25, 0.3) is 0 Å². The Kier molecular flexibility index (Phi) is 1.70. The molecule has 10 heavy (non-hydrogen) atoms. The maximum Gasteiger partial charge on any atom is 0.310 e. The molecule has 56 valence electrons. The lowest BCUT2D eigenvalue weighted by molar-refractivity contribution is -0.140. The normalized spacial score (nSPS) is 29.7. The summed E-state index contributed by atoms with van der Waals surface area (Å²) in [6, 6.07) is 0. The fourth-order valence-electron chi connectivity index (χ4n) is 0.777. The number of hydrogen-bond donors (Lipinski definition) is 1. The zero-order valence-electron chi connectivity index (χ0n) is 5.21. The number of alkyl halides is 1. The van der Waals surface area contributed by atoms with E-state index in [1.165, 1.54) is 0 Å². The SMILES string of the molecule is O=C(O)CC(=O)[C@@H]1C[C@H]1F. The minimum Gasteiger partial charge on any atom is -0.481 e. The first-order valence-corrected chi connectivity index (χ1v) is 3.00. The lowest BCUT2D eigenvalue weighted by atomic mass is 10.2. The van der Waals surface area contributed by atoms with Gasteiger partial charge in [-0.2, -0.15) is 0 Å². The van der Waals surface area contributed by atoms with Crippen LogP contribution in [-0.4, -0.2) is 23.0 Å². The molecule has 0 saturated heterocycles. The Hall–Kier alpha value is -0.930. The van der Waals surface area contributed by atoms with E-state index in [2.05, 4.69) is 0 Å². The van der Waals surface area contributed by atoms with Gasteiger partial charge < -0.3 is 5.11 Å². The second-order valence-corrected chi connectivity index (χ2v) is 2.40. The highest BCUT2D eigenvalue weighted by Gasteiger charge is 2.43. The van der Waals surface area contributed by atoms with Crippen molar-refractivity contribution in [2.45, 2.75) is 19.0 Å². The van der Waals surface area contributed by atoms with Crippen LogP contribution in [0.25, 0.3) is 0 Å². The Morgan fingerprint density at radius 2 is 2.10 bits per heavy atom. The van der Waals surface area contributed by atoms with Gasteiger partial charge in [0.05, 0.1) is 5.92 Å². The smallest absolute Gasteiger partial charge is 0.310 e. The first-order chi connectivity index (χ1) is 4.61. The monoisotopic (exact) mass is 146 g/mol. The van der Waals surface area contributed by atoms with E-state index in [-0.39, 0.29) is 6.42 Å². The molecule has 3 nitrogen and oxygen atoms in total. The predicted molar refractivity (Wildman–Crippen MR) is 30.3 cm³/mol. The van der Waals surface area contributed by atoms with Gasteiger partial charge in [-0.05, 0) is 6.42 Å². The van der Waals surface area contributed by atoms with Crippen LogP contribution in [0.3, 0.4) is 0 Å². The fraction of sp³-hybridized carbons (Fsp3) is 0.667. The number of halogens is 1. The number of carboxylic acids is 1. The number of hydrogen-bond acceptors (Lipinski definition) is 2. The third-order valence-electron chi connectivity index (χ3n) is 1.45. The first-order valence-electron chi connectivity index (χ1n) is 3.00. The van der Waals surface area contributed by atoms with E-state index in [1.54, 1.807) is 0 Å². The van der Waals surface area contributed by atoms with Crippen LogP contribution in [0.15, 0.2) is 0 Å². The first kappa shape index (κ1) is 7.18. The summed E-state index contributed by atoms with van der Waals surface area (Å²) < 4.78 is 12.1. The number of carbonyl (C=O) groups excluding carboxylic acids is 1. The Morgan fingerprint density at radius 3 is 2.40 bits per heavy atom. The summed E-state index contributed by atoms with van der Waals surface area (Å²) in [6.07, 6.45) is -1.40. The van der Waals surface area contributed by atoms with E-state index < -0.39 is 30.3 Å². The van der Waals surface area contributed by atoms with Crippen LogP contribution in [0.2, 0.25) is 0 Å². The van der Waals surface area contributed by atoms with Crippen LogP contribution < -0.4 is 0 Å². The van der Waals surface area contributed by atoms with Crippen LogP contribution >= 0.6 is 0 Å². The molecular formula is C6H7FO3. The molecule has 1 aliphatic rings. The summed E-state index contributed by atoms with van der Waals surface area (Å²) in [6.45, 7) is 0. The van der Waals surface area contributed by atoms with Gasteiger partial charge >= 0.3 is 5.97 Å². The van der Waals surface area contributed by atoms with Crippen molar-refractivity contribution in [3.8, 4) is 0 Å². The van der Waals surface area contributed by atoms with Gasteiger partial charge in [0.15, 0.2) is 0 Å². The Bertz CT molecular complexity index is 178. The lowest BCUT2D eigenvalue weighted by Gasteiger charge is -1.89. The lowest BCUT2D eigenvalue weighted by Crippen LogP contribution is -2.09. The van der Waals surface area contributed by atoms with Crippen molar-refractivity contribution in [1.82, 2.24) is 0 Å². The number of rotatable bonds is 3. The Labute approximate surface area is 56.8 Å². The molecule has 1 fully saturated rings. The van der Waals surface area contributed by atoms with E-state index >= 15 is 0 Å². The Balaban J connectivity index is 2.30. The molecule has 0 aromatic rings. The molecule has 0 aromatic heterocycles. The maximum absolute atomic E-state index is 12.1. The third-order valence-corrected chi connectivity index (χ3v) is 1.45. The number of aliphatic carboxylic acids is 1. The van der Waals surface area contributed by atoms with Crippen molar-refractivity contribution >= 4 is 11.8 Å². The van der Waals surface area contributed by atoms with Crippen LogP contribution in [0.5, 0.6) is 0 Å². The molecule has 0 bridgehead atoms. The summed E-state index contributed by atoms with van der Waals surface area (Å²) in [5, 5.41) is 8.10. The average molecular weight is 146 g/mol. The molecular weight excluding hydrogens is 139 g/mol. The Morgan fingerprint density at radius 1 is 1.60 bits per heavy atom. The van der Waals surface area contributed by atoms with Crippen LogP contribution in [0.1, 0.15) is 12.8 Å². The van der Waals surface area contributed by atoms with Crippen molar-refractivity contribution in [2.75, 3.05) is 0 Å². The zero-order valence-corrected chi connectivity index (χ0v) is 5.21. The van der Waals surface area contributed by atoms with Gasteiger partial charge in [0, 0.05) is 0 Å². The number of Topliss-reactive ketones (excluding diaryl/α,β-unsaturated/α-hetero) is 1. The van der Waals surface area contributed by atoms with Crippen LogP contribution in [-0.2, 0) is 9.59 Å². The van der Waals surface area contributed by atoms with Gasteiger partial charge in [-0.25, -0.2) is 4.39 Å². The number of carbonyl (C=O) groups is 2. The number of carboxylic acid groups (broad SMARTS) is 1. The zero-order chi connectivity index (χ0) is 7.72. The topological polar surface area (TPSA) is 54.4 Å². The maximum atomic E-state index is 12.1. The minimum atomic E-state index is -1.18. The minimum absolute atomic E-state index is 0.214. The molecule has 4 heteroatoms. The molecule has 2 atom stereocenters. The number of ketones is 1. The van der Waals surface area contributed by atoms with E-state index in [0.29, 0.717) is 0 Å². The van der Waals surface area contributed by atoms with Crippen LogP contribution in [0, 0.1) is 5.92 Å². The van der Waals surface area contributed by atoms with Crippen molar-refractivity contribution in [3.63, 3.8) is 0 Å². The molecule has 0 unspecified atom stereocenters. The molecule has 1 rings (SSSR count). The summed E-state index contributed by atoms with van der Waals surface area (Å²) >= 11 is 0. The van der Waals surface area contributed by atoms with E-state index in [0.717, 1.165) is 0 Å². The molecule has 0 aliphatic heterocycles. The van der Waals surface area contributed by atoms with Crippen molar-refractivity contribution in [3.05, 3.63) is 0 Å². The summed E-state index contributed by atoms with van der Waals surface area (Å²) in [5.74, 6) is -2.28. The molecule has 1 N–H and O–H groups in total. The molecule has 1 aliphatic carbocycles. The molecule has 1 saturated carbocycles. The predicted octanol–water partition coefficient (Wildman–Crippen LogP) is 0.388. The highest BCUT2D eigenvalue weighted by Crippen LogP contribution is 2.35. The van der Waals surface area contributed by atoms with Crippen LogP contribution in [0.4, 0.5) is 4.39 Å². The molecule has 0 heterocycles. The van der Waals surface area contributed by atoms with Crippen molar-refractivity contribution in [1.29, 1.82) is 0 Å². The van der Waals surface area contributed by atoms with E-state index in [9.17, 15) is 14.0 Å². The standard InChI is InChI=1S/C6H7FO3/c7-4-1-3(4)5(8)2-6(9)10/h3-4H,1-2H2,(H,9,10)/t3-,4-/m1/s1. The third kappa shape index (κ3) is 1.52. The van der Waals surface area contributed by atoms with Gasteiger partial charge in [0.1, 0.15) is 18.4 Å². The fourth-order valence-corrected chi connectivity index (χ4v) is 0.777. The largest absolute Gasteiger partial charge is 0.481 e. The van der Waals surface area contributed by atoms with Gasteiger partial charge in [-0.15, -0.1) is 0 Å². The van der Waals surface area contributed by atoms with Gasteiger partial charge in [-0.3, -0.25) is 9.59 Å². The summed E-state index contributed by atoms with van der Waals surface area (Å²) in [7, 11) is 0. The summed E-state index contributed by atoms with van der Waals surface area (Å²) in [5.41, 5.74) is 0. The quantitative estimate of drug-likeness (QED) is 0.586.